The Hall–Kier alpha value is -3.20. The lowest BCUT2D eigenvalue weighted by Gasteiger charge is -2.10. The van der Waals surface area contributed by atoms with Gasteiger partial charge in [-0.3, -0.25) is 4.79 Å². The summed E-state index contributed by atoms with van der Waals surface area (Å²) in [5.74, 6) is 2.35. The molecule has 174 valence electrons. The van der Waals surface area contributed by atoms with Gasteiger partial charge in [0.1, 0.15) is 11.6 Å². The van der Waals surface area contributed by atoms with Crippen LogP contribution in [0.2, 0.25) is 0 Å². The third-order valence-corrected chi connectivity index (χ3v) is 6.71. The maximum Gasteiger partial charge on any atom is 0.224 e. The molecule has 1 N–H and O–H groups in total. The van der Waals surface area contributed by atoms with Gasteiger partial charge in [-0.2, -0.15) is 0 Å². The Kier molecular flexibility index (Phi) is 7.08. The van der Waals surface area contributed by atoms with E-state index in [0.717, 1.165) is 48.7 Å². The van der Waals surface area contributed by atoms with Crippen LogP contribution in [0.15, 0.2) is 53.4 Å². The second kappa shape index (κ2) is 10.2. The summed E-state index contributed by atoms with van der Waals surface area (Å²) in [6.07, 6.45) is 6.44. The van der Waals surface area contributed by atoms with E-state index in [1.807, 2.05) is 24.3 Å². The highest BCUT2D eigenvalue weighted by Gasteiger charge is 2.16. The van der Waals surface area contributed by atoms with Gasteiger partial charge >= 0.3 is 0 Å². The van der Waals surface area contributed by atoms with E-state index in [1.165, 1.54) is 24.8 Å². The number of hydrogen-bond donors (Lipinski definition) is 1. The summed E-state index contributed by atoms with van der Waals surface area (Å²) in [6, 6.07) is 14.0. The molecule has 0 aliphatic carbocycles. The summed E-state index contributed by atoms with van der Waals surface area (Å²) in [5.41, 5.74) is 1.66. The third-order valence-electron chi connectivity index (χ3n) is 5.58. The maximum absolute atomic E-state index is 12.4. The number of sulfone groups is 1. The van der Waals surface area contributed by atoms with Crippen molar-refractivity contribution in [2.75, 3.05) is 18.2 Å². The fourth-order valence-corrected chi connectivity index (χ4v) is 4.49. The topological polar surface area (TPSA) is 103 Å². The molecule has 2 heterocycles. The first-order valence-corrected chi connectivity index (χ1v) is 13.0. The highest BCUT2D eigenvalue weighted by molar-refractivity contribution is 7.90. The molecular formula is C24H28N4O4S. The van der Waals surface area contributed by atoms with Crippen LogP contribution in [0.25, 0.3) is 11.4 Å². The Morgan fingerprint density at radius 3 is 2.70 bits per heavy atom. The van der Waals surface area contributed by atoms with Gasteiger partial charge in [0.15, 0.2) is 15.7 Å². The molecule has 0 bridgehead atoms. The Morgan fingerprint density at radius 1 is 1.09 bits per heavy atom. The molecule has 0 atom stereocenters. The second-order valence-corrected chi connectivity index (χ2v) is 10.2. The first-order valence-electron chi connectivity index (χ1n) is 11.2. The molecule has 0 radical (unpaired) electrons. The van der Waals surface area contributed by atoms with Crippen LogP contribution in [0.5, 0.6) is 5.75 Å². The summed E-state index contributed by atoms with van der Waals surface area (Å²) >= 11 is 0. The smallest absolute Gasteiger partial charge is 0.224 e. The van der Waals surface area contributed by atoms with Crippen LogP contribution in [0.3, 0.4) is 0 Å². The van der Waals surface area contributed by atoms with Gasteiger partial charge in [0, 0.05) is 36.9 Å². The Morgan fingerprint density at radius 2 is 1.91 bits per heavy atom. The standard InChI is InChI=1S/C24H28N4O4S/c1-33(30,31)21-13-11-20(12-14-21)32-16-6-10-23(29)25-19-8-5-7-18(17-19)24-27-26-22-9-3-2-4-15-28(22)24/h5,7-8,11-14,17H,2-4,6,9-10,15-16H2,1H3,(H,25,29). The van der Waals surface area contributed by atoms with Crippen LogP contribution in [0.4, 0.5) is 5.69 Å². The van der Waals surface area contributed by atoms with Gasteiger partial charge in [-0.15, -0.1) is 10.2 Å². The summed E-state index contributed by atoms with van der Waals surface area (Å²) in [6.45, 7) is 1.28. The predicted octanol–water partition coefficient (Wildman–Crippen LogP) is 3.87. The van der Waals surface area contributed by atoms with Crippen molar-refractivity contribution in [3.05, 3.63) is 54.4 Å². The highest BCUT2D eigenvalue weighted by Crippen LogP contribution is 2.25. The zero-order valence-electron chi connectivity index (χ0n) is 18.7. The van der Waals surface area contributed by atoms with Crippen LogP contribution in [-0.4, -0.2) is 42.0 Å². The van der Waals surface area contributed by atoms with E-state index in [1.54, 1.807) is 12.1 Å². The molecule has 33 heavy (non-hydrogen) atoms. The number of ether oxygens (including phenoxy) is 1. The van der Waals surface area contributed by atoms with Gasteiger partial charge in [-0.25, -0.2) is 8.42 Å². The SMILES string of the molecule is CS(=O)(=O)c1ccc(OCCCC(=O)Nc2cccc(-c3nnc4n3CCCCC4)c2)cc1. The largest absolute Gasteiger partial charge is 0.494 e. The number of benzene rings is 2. The van der Waals surface area contributed by atoms with Crippen molar-refractivity contribution in [2.45, 2.75) is 50.0 Å². The summed E-state index contributed by atoms with van der Waals surface area (Å²) < 4.78 is 30.8. The molecule has 3 aromatic rings. The Labute approximate surface area is 193 Å². The van der Waals surface area contributed by atoms with Crippen molar-refractivity contribution in [1.29, 1.82) is 0 Å². The van der Waals surface area contributed by atoms with Crippen LogP contribution in [0.1, 0.15) is 37.9 Å². The van der Waals surface area contributed by atoms with Crippen molar-refractivity contribution in [3.8, 4) is 17.1 Å². The summed E-state index contributed by atoms with van der Waals surface area (Å²) in [4.78, 5) is 12.6. The average molecular weight is 469 g/mol. The lowest BCUT2D eigenvalue weighted by Crippen LogP contribution is -2.13. The fourth-order valence-electron chi connectivity index (χ4n) is 3.86. The summed E-state index contributed by atoms with van der Waals surface area (Å²) in [7, 11) is -3.23. The molecule has 1 aliphatic heterocycles. The minimum absolute atomic E-state index is 0.0942. The Balaban J connectivity index is 1.28. The number of carbonyl (C=O) groups excluding carboxylic acids is 1. The lowest BCUT2D eigenvalue weighted by molar-refractivity contribution is -0.116. The van der Waals surface area contributed by atoms with Crippen molar-refractivity contribution >= 4 is 21.4 Å². The summed E-state index contributed by atoms with van der Waals surface area (Å²) in [5, 5.41) is 11.7. The number of carbonyl (C=O) groups is 1. The van der Waals surface area contributed by atoms with Crippen LogP contribution in [-0.2, 0) is 27.6 Å². The van der Waals surface area contributed by atoms with Crippen molar-refractivity contribution in [1.82, 2.24) is 14.8 Å². The molecule has 0 saturated carbocycles. The van der Waals surface area contributed by atoms with E-state index in [-0.39, 0.29) is 10.8 Å². The van der Waals surface area contributed by atoms with Crippen molar-refractivity contribution in [2.24, 2.45) is 0 Å². The van der Waals surface area contributed by atoms with Gasteiger partial charge < -0.3 is 14.6 Å². The first-order chi connectivity index (χ1) is 15.9. The molecule has 4 rings (SSSR count). The number of amides is 1. The molecule has 1 amide bonds. The minimum Gasteiger partial charge on any atom is -0.494 e. The van der Waals surface area contributed by atoms with Crippen LogP contribution >= 0.6 is 0 Å². The van der Waals surface area contributed by atoms with E-state index >= 15 is 0 Å². The number of aryl methyl sites for hydroxylation is 1. The number of rotatable bonds is 8. The van der Waals surface area contributed by atoms with E-state index in [9.17, 15) is 13.2 Å². The van der Waals surface area contributed by atoms with Gasteiger partial charge in [-0.1, -0.05) is 18.6 Å². The van der Waals surface area contributed by atoms with Gasteiger partial charge in [0.2, 0.25) is 5.91 Å². The molecule has 9 heteroatoms. The molecule has 0 fully saturated rings. The van der Waals surface area contributed by atoms with Gasteiger partial charge in [0.05, 0.1) is 11.5 Å². The highest BCUT2D eigenvalue weighted by atomic mass is 32.2. The Bertz CT molecular complexity index is 1220. The van der Waals surface area contributed by atoms with E-state index in [4.69, 9.17) is 4.74 Å². The molecule has 8 nitrogen and oxygen atoms in total. The van der Waals surface area contributed by atoms with Crippen LogP contribution < -0.4 is 10.1 Å². The number of hydrogen-bond acceptors (Lipinski definition) is 6. The zero-order valence-corrected chi connectivity index (χ0v) is 19.5. The lowest BCUT2D eigenvalue weighted by atomic mass is 10.1. The fraction of sp³-hybridized carbons (Fsp3) is 0.375. The minimum atomic E-state index is -3.23. The molecule has 0 saturated heterocycles. The molecule has 0 spiro atoms. The first kappa shape index (κ1) is 23.0. The number of fused-ring (bicyclic) bond motifs is 1. The number of nitrogens with zero attached hydrogens (tertiary/aromatic N) is 3. The van der Waals surface area contributed by atoms with Crippen molar-refractivity contribution in [3.63, 3.8) is 0 Å². The predicted molar refractivity (Wildman–Crippen MR) is 126 cm³/mol. The van der Waals surface area contributed by atoms with E-state index in [2.05, 4.69) is 20.1 Å². The van der Waals surface area contributed by atoms with Crippen molar-refractivity contribution < 1.29 is 17.9 Å². The monoisotopic (exact) mass is 468 g/mol. The number of aromatic nitrogens is 3. The molecular weight excluding hydrogens is 440 g/mol. The zero-order chi connectivity index (χ0) is 23.3. The normalized spacial score (nSPS) is 13.7. The van der Waals surface area contributed by atoms with E-state index in [0.29, 0.717) is 25.2 Å². The van der Waals surface area contributed by atoms with Crippen LogP contribution in [0, 0.1) is 0 Å². The molecule has 1 aromatic heterocycles. The second-order valence-electron chi connectivity index (χ2n) is 8.23. The molecule has 0 unspecified atom stereocenters. The van der Waals surface area contributed by atoms with E-state index < -0.39 is 9.84 Å². The molecule has 1 aliphatic rings. The number of anilines is 1. The average Bonchev–Trinajstić information content (AvgIpc) is 3.05. The van der Waals surface area contributed by atoms with Gasteiger partial charge in [0.25, 0.3) is 0 Å². The molecule has 2 aromatic carbocycles. The number of nitrogens with one attached hydrogen (secondary N) is 1. The third kappa shape index (κ3) is 5.98. The maximum atomic E-state index is 12.4. The quantitative estimate of drug-likeness (QED) is 0.504. The van der Waals surface area contributed by atoms with Gasteiger partial charge in [-0.05, 0) is 55.7 Å².